The molecule has 0 spiro atoms. The lowest BCUT2D eigenvalue weighted by Gasteiger charge is -2.36. The lowest BCUT2D eigenvalue weighted by atomic mass is 10.0. The second-order valence-corrected chi connectivity index (χ2v) is 9.28. The van der Waals surface area contributed by atoms with Crippen LogP contribution in [0.15, 0.2) is 36.8 Å². The summed E-state index contributed by atoms with van der Waals surface area (Å²) in [6.45, 7) is 7.04. The Hall–Kier alpha value is -4.38. The van der Waals surface area contributed by atoms with Crippen molar-refractivity contribution in [2.24, 2.45) is 0 Å². The SMILES string of the molecule is CC#CC=O.CN1CC(n2cc(-c3cc(C#N)c4c(c3)Nc3nccc(N5CCOCC5)c3CO4)cn2)C1. The predicted molar refractivity (Wildman–Crippen MR) is 143 cm³/mol. The Morgan fingerprint density at radius 3 is 2.71 bits per heavy atom. The lowest BCUT2D eigenvalue weighted by Crippen LogP contribution is -2.45. The number of ether oxygens (including phenoxy) is 2. The molecule has 3 aliphatic rings. The monoisotopic (exact) mass is 511 g/mol. The molecule has 0 bridgehead atoms. The number of pyridine rings is 1. The zero-order valence-electron chi connectivity index (χ0n) is 21.5. The van der Waals surface area contributed by atoms with Gasteiger partial charge in [-0.1, -0.05) is 5.92 Å². The fraction of sp³-hybridized carbons (Fsp3) is 0.357. The first-order valence-corrected chi connectivity index (χ1v) is 12.5. The molecule has 3 aliphatic heterocycles. The van der Waals surface area contributed by atoms with Gasteiger partial charge in [-0.3, -0.25) is 9.48 Å². The van der Waals surface area contributed by atoms with E-state index in [-0.39, 0.29) is 0 Å². The van der Waals surface area contributed by atoms with Gasteiger partial charge in [0, 0.05) is 49.8 Å². The van der Waals surface area contributed by atoms with Crippen LogP contribution in [0.2, 0.25) is 0 Å². The van der Waals surface area contributed by atoms with E-state index in [1.54, 1.807) is 6.92 Å². The van der Waals surface area contributed by atoms with Crippen molar-refractivity contribution in [3.8, 4) is 34.8 Å². The summed E-state index contributed by atoms with van der Waals surface area (Å²) in [5.74, 6) is 5.89. The summed E-state index contributed by atoms with van der Waals surface area (Å²) in [5.41, 5.74) is 5.22. The molecule has 2 aromatic heterocycles. The zero-order chi connectivity index (χ0) is 26.5. The van der Waals surface area contributed by atoms with Gasteiger partial charge in [0.1, 0.15) is 18.5 Å². The molecule has 5 heterocycles. The maximum Gasteiger partial charge on any atom is 0.192 e. The minimum atomic E-state index is 0.344. The summed E-state index contributed by atoms with van der Waals surface area (Å²) < 4.78 is 13.7. The molecule has 0 radical (unpaired) electrons. The molecule has 0 amide bonds. The maximum absolute atomic E-state index is 9.88. The highest BCUT2D eigenvalue weighted by Gasteiger charge is 2.27. The second-order valence-electron chi connectivity index (χ2n) is 9.28. The number of benzene rings is 1. The first kappa shape index (κ1) is 25.3. The summed E-state index contributed by atoms with van der Waals surface area (Å²) in [6.07, 6.45) is 6.30. The van der Waals surface area contributed by atoms with Crippen molar-refractivity contribution in [2.45, 2.75) is 19.6 Å². The average Bonchev–Trinajstić information content (AvgIpc) is 3.33. The van der Waals surface area contributed by atoms with Crippen molar-refractivity contribution < 1.29 is 14.3 Å². The molecule has 1 aromatic carbocycles. The molecule has 0 saturated carbocycles. The Morgan fingerprint density at radius 1 is 1.21 bits per heavy atom. The molecular weight excluding hydrogens is 482 g/mol. The second kappa shape index (κ2) is 11.3. The standard InChI is InChI=1S/C24H25N7O2.C4H4O/c1-29-13-19(14-29)31-12-18(11-27-31)16-8-17(10-25)23-21(9-16)28-24-20(15-33-23)22(2-3-26-24)30-4-6-32-7-5-30;1-2-3-4-5/h2-3,8-9,11-12,19H,4-7,13-15H2,1H3,(H,26,28);4H,1H3. The summed E-state index contributed by atoms with van der Waals surface area (Å²) in [6, 6.07) is 8.62. The summed E-state index contributed by atoms with van der Waals surface area (Å²) >= 11 is 0. The van der Waals surface area contributed by atoms with E-state index in [4.69, 9.17) is 9.47 Å². The molecule has 10 nitrogen and oxygen atoms in total. The van der Waals surface area contributed by atoms with Crippen LogP contribution >= 0.6 is 0 Å². The Labute approximate surface area is 221 Å². The minimum Gasteiger partial charge on any atom is -0.485 e. The number of carbonyl (C=O) groups is 1. The number of aromatic nitrogens is 3. The number of anilines is 3. The van der Waals surface area contributed by atoms with Gasteiger partial charge < -0.3 is 24.6 Å². The fourth-order valence-electron chi connectivity index (χ4n) is 4.81. The highest BCUT2D eigenvalue weighted by molar-refractivity contribution is 5.80. The molecule has 0 aliphatic carbocycles. The molecule has 10 heteroatoms. The van der Waals surface area contributed by atoms with Gasteiger partial charge in [-0.05, 0) is 43.7 Å². The molecule has 2 saturated heterocycles. The first-order valence-electron chi connectivity index (χ1n) is 12.5. The minimum absolute atomic E-state index is 0.344. The third-order valence-corrected chi connectivity index (χ3v) is 6.76. The van der Waals surface area contributed by atoms with E-state index < -0.39 is 0 Å². The molecule has 2 fully saturated rings. The van der Waals surface area contributed by atoms with Crippen molar-refractivity contribution in [3.63, 3.8) is 0 Å². The zero-order valence-corrected chi connectivity index (χ0v) is 21.5. The topological polar surface area (TPSA) is 109 Å². The van der Waals surface area contributed by atoms with Crippen LogP contribution < -0.4 is 15.0 Å². The van der Waals surface area contributed by atoms with Crippen molar-refractivity contribution in [1.29, 1.82) is 5.26 Å². The summed E-state index contributed by atoms with van der Waals surface area (Å²) in [7, 11) is 2.11. The van der Waals surface area contributed by atoms with Gasteiger partial charge >= 0.3 is 0 Å². The van der Waals surface area contributed by atoms with Crippen LogP contribution in [0.1, 0.15) is 24.1 Å². The number of nitrogens with one attached hydrogen (secondary N) is 1. The number of aldehydes is 1. The molecule has 0 unspecified atom stereocenters. The van der Waals surface area contributed by atoms with E-state index in [9.17, 15) is 10.1 Å². The molecular formula is C28H29N7O3. The molecule has 1 N–H and O–H groups in total. The number of hydrogen-bond acceptors (Lipinski definition) is 9. The van der Waals surface area contributed by atoms with Crippen LogP contribution in [-0.2, 0) is 16.1 Å². The Balaban J connectivity index is 0.000000540. The Bertz CT molecular complexity index is 1420. The number of hydrogen-bond donors (Lipinski definition) is 1. The third kappa shape index (κ3) is 5.18. The van der Waals surface area contributed by atoms with E-state index in [1.807, 2.05) is 35.3 Å². The van der Waals surface area contributed by atoms with Gasteiger partial charge in [0.2, 0.25) is 0 Å². The van der Waals surface area contributed by atoms with Gasteiger partial charge in [0.15, 0.2) is 12.0 Å². The first-order chi connectivity index (χ1) is 18.6. The number of nitrogens with zero attached hydrogens (tertiary/aromatic N) is 6. The number of carbonyl (C=O) groups excluding carboxylic acids is 1. The van der Waals surface area contributed by atoms with Gasteiger partial charge in [0.05, 0.1) is 42.3 Å². The Kier molecular flexibility index (Phi) is 7.55. The number of nitriles is 1. The maximum atomic E-state index is 9.88. The normalized spacial score (nSPS) is 16.4. The Morgan fingerprint density at radius 2 is 2.03 bits per heavy atom. The molecule has 194 valence electrons. The number of fused-ring (bicyclic) bond motifs is 2. The van der Waals surface area contributed by atoms with Crippen molar-refractivity contribution >= 4 is 23.5 Å². The van der Waals surface area contributed by atoms with Crippen molar-refractivity contribution in [2.75, 3.05) is 56.7 Å². The van der Waals surface area contributed by atoms with E-state index in [0.717, 1.165) is 60.1 Å². The van der Waals surface area contributed by atoms with E-state index >= 15 is 0 Å². The quantitative estimate of drug-likeness (QED) is 0.419. The van der Waals surface area contributed by atoms with E-state index in [2.05, 4.69) is 56.4 Å². The largest absolute Gasteiger partial charge is 0.485 e. The van der Waals surface area contributed by atoms with Crippen LogP contribution in [0, 0.1) is 23.2 Å². The number of likely N-dealkylation sites (N-methyl/N-ethyl adjacent to an activating group) is 1. The van der Waals surface area contributed by atoms with Gasteiger partial charge in [-0.15, -0.1) is 0 Å². The van der Waals surface area contributed by atoms with Crippen LogP contribution in [0.4, 0.5) is 17.2 Å². The van der Waals surface area contributed by atoms with Crippen LogP contribution in [0.25, 0.3) is 11.1 Å². The highest BCUT2D eigenvalue weighted by atomic mass is 16.5. The number of likely N-dealkylation sites (tertiary alicyclic amines) is 1. The van der Waals surface area contributed by atoms with Gasteiger partial charge in [-0.25, -0.2) is 4.98 Å². The third-order valence-electron chi connectivity index (χ3n) is 6.76. The van der Waals surface area contributed by atoms with Crippen LogP contribution in [-0.4, -0.2) is 72.4 Å². The van der Waals surface area contributed by atoms with Gasteiger partial charge in [-0.2, -0.15) is 10.4 Å². The smallest absolute Gasteiger partial charge is 0.192 e. The number of rotatable bonds is 3. The molecule has 3 aromatic rings. The fourth-order valence-corrected chi connectivity index (χ4v) is 4.81. The lowest BCUT2D eigenvalue weighted by molar-refractivity contribution is -0.103. The van der Waals surface area contributed by atoms with Crippen molar-refractivity contribution in [1.82, 2.24) is 19.7 Å². The van der Waals surface area contributed by atoms with Crippen LogP contribution in [0.5, 0.6) is 5.75 Å². The highest BCUT2D eigenvalue weighted by Crippen LogP contribution is 2.41. The molecule has 0 atom stereocenters. The number of morpholine rings is 1. The van der Waals surface area contributed by atoms with Crippen molar-refractivity contribution in [3.05, 3.63) is 47.9 Å². The van der Waals surface area contributed by atoms with Crippen LogP contribution in [0.3, 0.4) is 0 Å². The molecule has 38 heavy (non-hydrogen) atoms. The average molecular weight is 512 g/mol. The predicted octanol–water partition coefficient (Wildman–Crippen LogP) is 2.98. The molecule has 6 rings (SSSR count). The van der Waals surface area contributed by atoms with Gasteiger partial charge in [0.25, 0.3) is 0 Å². The van der Waals surface area contributed by atoms with E-state index in [0.29, 0.717) is 43.5 Å². The summed E-state index contributed by atoms with van der Waals surface area (Å²) in [4.78, 5) is 18.4. The summed E-state index contributed by atoms with van der Waals surface area (Å²) in [5, 5.41) is 17.9. The van der Waals surface area contributed by atoms with E-state index in [1.165, 1.54) is 0 Å².